The van der Waals surface area contributed by atoms with Crippen molar-refractivity contribution in [1.29, 1.82) is 0 Å². The number of hydrogen-bond donors (Lipinski definition) is 2. The van der Waals surface area contributed by atoms with Gasteiger partial charge in [-0.2, -0.15) is 0 Å². The highest BCUT2D eigenvalue weighted by molar-refractivity contribution is 5.78. The van der Waals surface area contributed by atoms with Crippen molar-refractivity contribution >= 4 is 17.6 Å². The molecule has 6 nitrogen and oxygen atoms in total. The zero-order valence-corrected chi connectivity index (χ0v) is 12.5. The van der Waals surface area contributed by atoms with Gasteiger partial charge in [0, 0.05) is 19.5 Å². The zero-order valence-electron chi connectivity index (χ0n) is 12.5. The predicted molar refractivity (Wildman–Crippen MR) is 82.5 cm³/mol. The van der Waals surface area contributed by atoms with Crippen LogP contribution in [0.4, 0.5) is 5.69 Å². The van der Waals surface area contributed by atoms with Crippen LogP contribution in [-0.4, -0.2) is 41.6 Å². The fourth-order valence-corrected chi connectivity index (χ4v) is 2.58. The molecule has 1 fully saturated rings. The molecular weight excluding hydrogens is 284 g/mol. The highest BCUT2D eigenvalue weighted by atomic mass is 16.5. The van der Waals surface area contributed by atoms with Crippen LogP contribution < -0.4 is 10.5 Å². The van der Waals surface area contributed by atoms with Gasteiger partial charge in [0.15, 0.2) is 0 Å². The summed E-state index contributed by atoms with van der Waals surface area (Å²) < 4.78 is 5.54. The van der Waals surface area contributed by atoms with Gasteiger partial charge in [0.2, 0.25) is 5.91 Å². The molecule has 6 heteroatoms. The summed E-state index contributed by atoms with van der Waals surface area (Å²) in [6, 6.07) is 7.23. The van der Waals surface area contributed by atoms with E-state index in [-0.39, 0.29) is 5.91 Å². The van der Waals surface area contributed by atoms with E-state index in [0.717, 1.165) is 6.42 Å². The van der Waals surface area contributed by atoms with Crippen molar-refractivity contribution in [1.82, 2.24) is 4.90 Å². The number of piperidine rings is 1. The minimum absolute atomic E-state index is 0.00409. The number of hydrogen-bond acceptors (Lipinski definition) is 4. The van der Waals surface area contributed by atoms with Crippen LogP contribution in [0, 0.1) is 5.92 Å². The molecule has 1 heterocycles. The number of nitrogen functional groups attached to an aromatic ring is 1. The summed E-state index contributed by atoms with van der Waals surface area (Å²) in [6.07, 6.45) is 2.34. The highest BCUT2D eigenvalue weighted by Crippen LogP contribution is 2.20. The van der Waals surface area contributed by atoms with E-state index in [0.29, 0.717) is 50.4 Å². The van der Waals surface area contributed by atoms with Gasteiger partial charge < -0.3 is 20.5 Å². The predicted octanol–water partition coefficient (Wildman–Crippen LogP) is 1.75. The molecule has 0 aromatic heterocycles. The molecule has 1 aromatic carbocycles. The molecule has 120 valence electrons. The quantitative estimate of drug-likeness (QED) is 0.617. The van der Waals surface area contributed by atoms with Crippen molar-refractivity contribution in [2.24, 2.45) is 5.92 Å². The summed E-state index contributed by atoms with van der Waals surface area (Å²) in [5, 5.41) is 9.03. The monoisotopic (exact) mass is 306 g/mol. The van der Waals surface area contributed by atoms with Gasteiger partial charge in [0.1, 0.15) is 5.75 Å². The molecule has 3 N–H and O–H groups in total. The summed E-state index contributed by atoms with van der Waals surface area (Å²) in [6.45, 7) is 1.38. The Labute approximate surface area is 129 Å². The van der Waals surface area contributed by atoms with Gasteiger partial charge in [-0.15, -0.1) is 0 Å². The largest absolute Gasteiger partial charge is 0.491 e. The molecule has 0 saturated carbocycles. The van der Waals surface area contributed by atoms with Crippen molar-refractivity contribution in [2.45, 2.75) is 25.7 Å². The molecule has 1 unspecified atom stereocenters. The Balaban J connectivity index is 1.71. The lowest BCUT2D eigenvalue weighted by Gasteiger charge is -2.30. The topological polar surface area (TPSA) is 92.9 Å². The third kappa shape index (κ3) is 4.38. The highest BCUT2D eigenvalue weighted by Gasteiger charge is 2.27. The molecule has 1 saturated heterocycles. The van der Waals surface area contributed by atoms with Gasteiger partial charge in [-0.1, -0.05) is 12.1 Å². The van der Waals surface area contributed by atoms with Crippen molar-refractivity contribution < 1.29 is 19.4 Å². The molecule has 1 aliphatic rings. The maximum absolute atomic E-state index is 12.1. The van der Waals surface area contributed by atoms with Crippen molar-refractivity contribution in [2.75, 3.05) is 25.4 Å². The Morgan fingerprint density at radius 2 is 2.14 bits per heavy atom. The van der Waals surface area contributed by atoms with Crippen LogP contribution in [0.1, 0.15) is 25.7 Å². The molecule has 1 atom stereocenters. The summed E-state index contributed by atoms with van der Waals surface area (Å²) >= 11 is 0. The molecule has 22 heavy (non-hydrogen) atoms. The van der Waals surface area contributed by atoms with Gasteiger partial charge in [0.25, 0.3) is 0 Å². The number of anilines is 1. The Bertz CT molecular complexity index is 533. The molecule has 1 aromatic rings. The van der Waals surface area contributed by atoms with Crippen molar-refractivity contribution in [3.05, 3.63) is 24.3 Å². The van der Waals surface area contributed by atoms with Crippen LogP contribution in [0.2, 0.25) is 0 Å². The third-order valence-corrected chi connectivity index (χ3v) is 3.83. The Morgan fingerprint density at radius 3 is 2.86 bits per heavy atom. The molecule has 2 rings (SSSR count). The van der Waals surface area contributed by atoms with E-state index in [4.69, 9.17) is 15.6 Å². The average Bonchev–Trinajstić information content (AvgIpc) is 2.53. The maximum Gasteiger partial charge on any atom is 0.308 e. The number of aliphatic carboxylic acids is 1. The number of carbonyl (C=O) groups is 2. The molecule has 0 bridgehead atoms. The summed E-state index contributed by atoms with van der Waals surface area (Å²) in [7, 11) is 0. The first-order valence-electron chi connectivity index (χ1n) is 7.56. The standard InChI is InChI=1S/C16H22N2O4/c17-13-6-1-2-7-14(13)22-10-4-8-15(19)18-9-3-5-12(11-18)16(20)21/h1-2,6-7,12H,3-5,8-11,17H2,(H,20,21). The number of rotatable bonds is 6. The van der Waals surface area contributed by atoms with Crippen molar-refractivity contribution in [3.63, 3.8) is 0 Å². The first kappa shape index (κ1) is 16.1. The lowest BCUT2D eigenvalue weighted by molar-refractivity contribution is -0.145. The van der Waals surface area contributed by atoms with Crippen LogP contribution in [0.3, 0.4) is 0 Å². The number of nitrogens with two attached hydrogens (primary N) is 1. The minimum atomic E-state index is -0.819. The number of amides is 1. The second kappa shape index (κ2) is 7.68. The Kier molecular flexibility index (Phi) is 5.63. The second-order valence-corrected chi connectivity index (χ2v) is 5.51. The SMILES string of the molecule is Nc1ccccc1OCCCC(=O)N1CCCC(C(=O)O)C1. The normalized spacial score (nSPS) is 18.0. The van der Waals surface area contributed by atoms with E-state index in [2.05, 4.69) is 0 Å². The number of para-hydroxylation sites is 2. The zero-order chi connectivity index (χ0) is 15.9. The number of nitrogens with zero attached hydrogens (tertiary/aromatic N) is 1. The van der Waals surface area contributed by atoms with Crippen LogP contribution in [-0.2, 0) is 9.59 Å². The number of carboxylic acids is 1. The molecule has 0 radical (unpaired) electrons. The molecule has 1 aliphatic heterocycles. The first-order valence-corrected chi connectivity index (χ1v) is 7.56. The first-order chi connectivity index (χ1) is 10.6. The summed E-state index contributed by atoms with van der Waals surface area (Å²) in [4.78, 5) is 24.8. The maximum atomic E-state index is 12.1. The van der Waals surface area contributed by atoms with E-state index < -0.39 is 11.9 Å². The van der Waals surface area contributed by atoms with E-state index >= 15 is 0 Å². The van der Waals surface area contributed by atoms with Crippen molar-refractivity contribution in [3.8, 4) is 5.75 Å². The second-order valence-electron chi connectivity index (χ2n) is 5.51. The molecular formula is C16H22N2O4. The van der Waals surface area contributed by atoms with Gasteiger partial charge in [-0.25, -0.2) is 0 Å². The smallest absolute Gasteiger partial charge is 0.308 e. The lowest BCUT2D eigenvalue weighted by Crippen LogP contribution is -2.42. The van der Waals surface area contributed by atoms with Gasteiger partial charge in [-0.3, -0.25) is 9.59 Å². The number of carbonyl (C=O) groups excluding carboxylic acids is 1. The van der Waals surface area contributed by atoms with Gasteiger partial charge in [0.05, 0.1) is 18.2 Å². The number of likely N-dealkylation sites (tertiary alicyclic amines) is 1. The van der Waals surface area contributed by atoms with E-state index in [9.17, 15) is 9.59 Å². The van der Waals surface area contributed by atoms with Crippen LogP contribution in [0.15, 0.2) is 24.3 Å². The lowest BCUT2D eigenvalue weighted by atomic mass is 9.98. The van der Waals surface area contributed by atoms with Gasteiger partial charge >= 0.3 is 5.97 Å². The van der Waals surface area contributed by atoms with E-state index in [1.54, 1.807) is 17.0 Å². The van der Waals surface area contributed by atoms with Gasteiger partial charge in [-0.05, 0) is 31.4 Å². The Hall–Kier alpha value is -2.24. The number of ether oxygens (including phenoxy) is 1. The van der Waals surface area contributed by atoms with Crippen LogP contribution in [0.25, 0.3) is 0 Å². The third-order valence-electron chi connectivity index (χ3n) is 3.83. The molecule has 1 amide bonds. The number of benzene rings is 1. The molecule has 0 spiro atoms. The van der Waals surface area contributed by atoms with Crippen LogP contribution in [0.5, 0.6) is 5.75 Å². The fourth-order valence-electron chi connectivity index (χ4n) is 2.58. The Morgan fingerprint density at radius 1 is 1.36 bits per heavy atom. The fraction of sp³-hybridized carbons (Fsp3) is 0.500. The van der Waals surface area contributed by atoms with Crippen LogP contribution >= 0.6 is 0 Å². The number of carboxylic acid groups (broad SMARTS) is 1. The summed E-state index contributed by atoms with van der Waals surface area (Å²) in [5.74, 6) is -0.632. The van der Waals surface area contributed by atoms with E-state index in [1.807, 2.05) is 12.1 Å². The molecule has 0 aliphatic carbocycles. The van der Waals surface area contributed by atoms with E-state index in [1.165, 1.54) is 0 Å². The average molecular weight is 306 g/mol. The minimum Gasteiger partial charge on any atom is -0.491 e. The summed E-state index contributed by atoms with van der Waals surface area (Å²) in [5.41, 5.74) is 6.35.